The van der Waals surface area contributed by atoms with Gasteiger partial charge in [0, 0.05) is 10.7 Å². The number of alkyl halides is 3. The van der Waals surface area contributed by atoms with Crippen LogP contribution in [-0.2, 0) is 0 Å². The smallest absolute Gasteiger partial charge is 0.406 e. The number of ether oxygens (including phenoxy) is 1. The molecule has 0 aliphatic carbocycles. The lowest BCUT2D eigenvalue weighted by atomic mass is 10.1. The van der Waals surface area contributed by atoms with E-state index in [1.807, 2.05) is 0 Å². The molecule has 0 aliphatic rings. The summed E-state index contributed by atoms with van der Waals surface area (Å²) in [5.41, 5.74) is 6.27. The Bertz CT molecular complexity index is 687. The third-order valence-corrected chi connectivity index (χ3v) is 2.85. The Balaban J connectivity index is 2.20. The van der Waals surface area contributed by atoms with Gasteiger partial charge in [-0.25, -0.2) is 0 Å². The van der Waals surface area contributed by atoms with Gasteiger partial charge < -0.3 is 15.8 Å². The number of rotatable bonds is 4. The number of hydrogen-bond donors (Lipinski definition) is 2. The van der Waals surface area contributed by atoms with Crippen molar-refractivity contribution in [1.29, 1.82) is 0 Å². The Morgan fingerprint density at radius 2 is 1.77 bits per heavy atom. The number of nitrogens with two attached hydrogens (primary N) is 1. The first-order valence-electron chi connectivity index (χ1n) is 5.97. The number of nitrogens with one attached hydrogen (secondary N) is 1. The van der Waals surface area contributed by atoms with Gasteiger partial charge in [-0.05, 0) is 42.5 Å². The van der Waals surface area contributed by atoms with Crippen LogP contribution in [0.3, 0.4) is 0 Å². The van der Waals surface area contributed by atoms with Crippen LogP contribution < -0.4 is 15.8 Å². The average molecular weight is 331 g/mol. The Morgan fingerprint density at radius 1 is 1.14 bits per heavy atom. The Morgan fingerprint density at radius 3 is 2.32 bits per heavy atom. The lowest BCUT2D eigenvalue weighted by molar-refractivity contribution is -0.274. The summed E-state index contributed by atoms with van der Waals surface area (Å²) in [7, 11) is 0. The second kappa shape index (κ2) is 6.15. The second-order valence-corrected chi connectivity index (χ2v) is 4.69. The van der Waals surface area contributed by atoms with Crippen LogP contribution in [0.5, 0.6) is 5.75 Å². The highest BCUT2D eigenvalue weighted by atomic mass is 35.5. The maximum atomic E-state index is 12.1. The monoisotopic (exact) mass is 330 g/mol. The molecule has 116 valence electrons. The molecule has 0 unspecified atom stereocenters. The van der Waals surface area contributed by atoms with Crippen LogP contribution in [0, 0.1) is 0 Å². The first kappa shape index (κ1) is 16.0. The molecule has 0 saturated carbocycles. The minimum Gasteiger partial charge on any atom is -0.406 e. The summed E-state index contributed by atoms with van der Waals surface area (Å²) < 4.78 is 40.0. The van der Waals surface area contributed by atoms with E-state index in [1.54, 1.807) is 12.1 Å². The summed E-state index contributed by atoms with van der Waals surface area (Å²) in [5, 5.41) is 3.22. The topological polar surface area (TPSA) is 64.4 Å². The maximum Gasteiger partial charge on any atom is 0.573 e. The SMILES string of the molecule is NC(=O)c1cc(Cl)ccc1Nc1ccc(OC(F)(F)F)cc1. The standard InChI is InChI=1S/C14H10ClF3N2O2/c15-8-1-6-12(11(7-8)13(19)21)20-9-2-4-10(5-3-9)22-14(16,17)18/h1-7,20H,(H2,19,21). The molecule has 2 rings (SSSR count). The molecule has 3 N–H and O–H groups in total. The van der Waals surface area contributed by atoms with E-state index in [1.165, 1.54) is 18.2 Å². The molecule has 0 radical (unpaired) electrons. The molecular formula is C14H10ClF3N2O2. The van der Waals surface area contributed by atoms with Crippen molar-refractivity contribution in [3.63, 3.8) is 0 Å². The van der Waals surface area contributed by atoms with E-state index >= 15 is 0 Å². The fourth-order valence-electron chi connectivity index (χ4n) is 1.72. The van der Waals surface area contributed by atoms with Crippen molar-refractivity contribution >= 4 is 28.9 Å². The zero-order valence-corrected chi connectivity index (χ0v) is 11.7. The molecule has 0 bridgehead atoms. The van der Waals surface area contributed by atoms with E-state index in [0.717, 1.165) is 12.1 Å². The molecule has 2 aromatic rings. The van der Waals surface area contributed by atoms with Gasteiger partial charge in [-0.1, -0.05) is 11.6 Å². The fourth-order valence-corrected chi connectivity index (χ4v) is 1.90. The van der Waals surface area contributed by atoms with Gasteiger partial charge in [0.05, 0.1) is 11.3 Å². The average Bonchev–Trinajstić information content (AvgIpc) is 2.41. The number of primary amides is 1. The van der Waals surface area contributed by atoms with E-state index in [4.69, 9.17) is 17.3 Å². The van der Waals surface area contributed by atoms with Gasteiger partial charge >= 0.3 is 6.36 Å². The fraction of sp³-hybridized carbons (Fsp3) is 0.0714. The van der Waals surface area contributed by atoms with E-state index in [9.17, 15) is 18.0 Å². The van der Waals surface area contributed by atoms with Gasteiger partial charge in [0.2, 0.25) is 0 Å². The van der Waals surface area contributed by atoms with Crippen LogP contribution in [0.4, 0.5) is 24.5 Å². The largest absolute Gasteiger partial charge is 0.573 e. The molecule has 0 aliphatic heterocycles. The Hall–Kier alpha value is -2.41. The number of amides is 1. The number of benzene rings is 2. The van der Waals surface area contributed by atoms with Gasteiger partial charge in [0.1, 0.15) is 5.75 Å². The minimum atomic E-state index is -4.75. The molecule has 0 fully saturated rings. The van der Waals surface area contributed by atoms with Crippen LogP contribution >= 0.6 is 11.6 Å². The first-order chi connectivity index (χ1) is 10.2. The van der Waals surface area contributed by atoms with Gasteiger partial charge in [0.25, 0.3) is 5.91 Å². The molecule has 0 aromatic heterocycles. The molecule has 0 heterocycles. The quantitative estimate of drug-likeness (QED) is 0.887. The van der Waals surface area contributed by atoms with E-state index in [2.05, 4.69) is 10.1 Å². The number of carbonyl (C=O) groups is 1. The predicted molar refractivity (Wildman–Crippen MR) is 76.4 cm³/mol. The molecule has 8 heteroatoms. The zero-order chi connectivity index (χ0) is 16.3. The van der Waals surface area contributed by atoms with E-state index in [-0.39, 0.29) is 11.3 Å². The van der Waals surface area contributed by atoms with Crippen LogP contribution in [0.2, 0.25) is 5.02 Å². The van der Waals surface area contributed by atoms with Crippen LogP contribution in [0.1, 0.15) is 10.4 Å². The number of anilines is 2. The number of carbonyl (C=O) groups excluding carboxylic acids is 1. The Kier molecular flexibility index (Phi) is 4.46. The van der Waals surface area contributed by atoms with E-state index < -0.39 is 12.3 Å². The van der Waals surface area contributed by atoms with Crippen molar-refractivity contribution in [1.82, 2.24) is 0 Å². The molecule has 4 nitrogen and oxygen atoms in total. The molecule has 22 heavy (non-hydrogen) atoms. The molecule has 0 saturated heterocycles. The summed E-state index contributed by atoms with van der Waals surface area (Å²) >= 11 is 5.79. The van der Waals surface area contributed by atoms with E-state index in [0.29, 0.717) is 16.4 Å². The van der Waals surface area contributed by atoms with Crippen molar-refractivity contribution in [3.8, 4) is 5.75 Å². The van der Waals surface area contributed by atoms with Gasteiger partial charge in [-0.2, -0.15) is 0 Å². The normalized spacial score (nSPS) is 11.1. The van der Waals surface area contributed by atoms with Gasteiger partial charge in [-0.15, -0.1) is 13.2 Å². The second-order valence-electron chi connectivity index (χ2n) is 4.25. The van der Waals surface area contributed by atoms with Crippen molar-refractivity contribution in [2.45, 2.75) is 6.36 Å². The predicted octanol–water partition coefficient (Wildman–Crippen LogP) is 4.08. The van der Waals surface area contributed by atoms with Crippen molar-refractivity contribution in [2.75, 3.05) is 5.32 Å². The molecule has 1 amide bonds. The van der Waals surface area contributed by atoms with Crippen LogP contribution in [0.25, 0.3) is 0 Å². The summed E-state index contributed by atoms with van der Waals surface area (Å²) in [6.45, 7) is 0. The van der Waals surface area contributed by atoms with Crippen LogP contribution in [0.15, 0.2) is 42.5 Å². The summed E-state index contributed by atoms with van der Waals surface area (Å²) in [6, 6.07) is 9.54. The van der Waals surface area contributed by atoms with Gasteiger partial charge in [0.15, 0.2) is 0 Å². The highest BCUT2D eigenvalue weighted by molar-refractivity contribution is 6.31. The first-order valence-corrected chi connectivity index (χ1v) is 6.34. The number of halogens is 4. The highest BCUT2D eigenvalue weighted by Crippen LogP contribution is 2.27. The third-order valence-electron chi connectivity index (χ3n) is 2.61. The van der Waals surface area contributed by atoms with Crippen molar-refractivity contribution in [2.24, 2.45) is 5.73 Å². The summed E-state index contributed by atoms with van der Waals surface area (Å²) in [4.78, 5) is 11.4. The van der Waals surface area contributed by atoms with Gasteiger partial charge in [-0.3, -0.25) is 4.79 Å². The third kappa shape index (κ3) is 4.29. The highest BCUT2D eigenvalue weighted by Gasteiger charge is 2.30. The van der Waals surface area contributed by atoms with Crippen molar-refractivity contribution in [3.05, 3.63) is 53.1 Å². The lowest BCUT2D eigenvalue weighted by Crippen LogP contribution is -2.17. The minimum absolute atomic E-state index is 0.170. The maximum absolute atomic E-state index is 12.1. The Labute approximate surface area is 128 Å². The number of hydrogen-bond acceptors (Lipinski definition) is 3. The van der Waals surface area contributed by atoms with Crippen LogP contribution in [-0.4, -0.2) is 12.3 Å². The molecule has 0 spiro atoms. The van der Waals surface area contributed by atoms with Crippen molar-refractivity contribution < 1.29 is 22.7 Å². The molecule has 2 aromatic carbocycles. The molecule has 0 atom stereocenters. The lowest BCUT2D eigenvalue weighted by Gasteiger charge is -2.12. The molecular weight excluding hydrogens is 321 g/mol. The summed E-state index contributed by atoms with van der Waals surface area (Å²) in [5.74, 6) is -1.02. The summed E-state index contributed by atoms with van der Waals surface area (Å²) in [6.07, 6.45) is -4.75. The zero-order valence-electron chi connectivity index (χ0n) is 10.9.